The molecule has 3 atom stereocenters. The average Bonchev–Trinajstić information content (AvgIpc) is 2.58. The summed E-state index contributed by atoms with van der Waals surface area (Å²) in [6, 6.07) is 16.2. The molecule has 138 valence electrons. The van der Waals surface area contributed by atoms with Gasteiger partial charge in [0.15, 0.2) is 4.87 Å². The lowest BCUT2D eigenvalue weighted by Crippen LogP contribution is -2.62. The minimum Gasteiger partial charge on any atom is -0.378 e. The second kappa shape index (κ2) is 6.41. The Kier molecular flexibility index (Phi) is 4.54. The SMILES string of the molecule is CC(=O)N1c2ccccc2C(Nc2ccccc2)C(C)C1(C)S(=O)(=O)O. The van der Waals surface area contributed by atoms with Gasteiger partial charge in [0.05, 0.1) is 11.7 Å². The van der Waals surface area contributed by atoms with Crippen LogP contribution in [-0.2, 0) is 14.9 Å². The van der Waals surface area contributed by atoms with Crippen molar-refractivity contribution in [2.45, 2.75) is 31.7 Å². The molecule has 0 bridgehead atoms. The zero-order valence-corrected chi connectivity index (χ0v) is 15.7. The van der Waals surface area contributed by atoms with Crippen LogP contribution in [0.25, 0.3) is 0 Å². The first-order valence-electron chi connectivity index (χ1n) is 8.36. The summed E-state index contributed by atoms with van der Waals surface area (Å²) in [7, 11) is -4.57. The highest BCUT2D eigenvalue weighted by molar-refractivity contribution is 7.87. The van der Waals surface area contributed by atoms with Crippen molar-refractivity contribution in [1.29, 1.82) is 0 Å². The van der Waals surface area contributed by atoms with Crippen LogP contribution in [0.1, 0.15) is 32.4 Å². The van der Waals surface area contributed by atoms with Crippen LogP contribution < -0.4 is 10.2 Å². The average molecular weight is 374 g/mol. The highest BCUT2D eigenvalue weighted by atomic mass is 32.2. The van der Waals surface area contributed by atoms with Gasteiger partial charge in [-0.25, -0.2) is 0 Å². The molecule has 1 aliphatic heterocycles. The number of para-hydroxylation sites is 2. The molecule has 1 heterocycles. The molecule has 0 fully saturated rings. The molecule has 2 aromatic carbocycles. The molecule has 3 unspecified atom stereocenters. The lowest BCUT2D eigenvalue weighted by molar-refractivity contribution is -0.117. The number of nitrogens with one attached hydrogen (secondary N) is 1. The van der Waals surface area contributed by atoms with Gasteiger partial charge in [-0.2, -0.15) is 8.42 Å². The van der Waals surface area contributed by atoms with Crippen molar-refractivity contribution < 1.29 is 17.8 Å². The highest BCUT2D eigenvalue weighted by Gasteiger charge is 2.56. The Bertz CT molecular complexity index is 930. The van der Waals surface area contributed by atoms with Gasteiger partial charge in [0, 0.05) is 18.5 Å². The van der Waals surface area contributed by atoms with E-state index in [1.54, 1.807) is 19.1 Å². The van der Waals surface area contributed by atoms with E-state index in [-0.39, 0.29) is 0 Å². The predicted octanol–water partition coefficient (Wildman–Crippen LogP) is 3.45. The molecule has 7 heteroatoms. The lowest BCUT2D eigenvalue weighted by Gasteiger charge is -2.50. The Morgan fingerprint density at radius 2 is 1.69 bits per heavy atom. The van der Waals surface area contributed by atoms with Gasteiger partial charge in [-0.15, -0.1) is 0 Å². The van der Waals surface area contributed by atoms with E-state index in [0.717, 1.165) is 11.3 Å². The van der Waals surface area contributed by atoms with Crippen LogP contribution in [-0.4, -0.2) is 23.7 Å². The van der Waals surface area contributed by atoms with E-state index >= 15 is 0 Å². The van der Waals surface area contributed by atoms with Gasteiger partial charge in [-0.1, -0.05) is 43.3 Å². The molecule has 0 aromatic heterocycles. The van der Waals surface area contributed by atoms with Gasteiger partial charge >= 0.3 is 0 Å². The Morgan fingerprint density at radius 1 is 1.12 bits per heavy atom. The number of hydrogen-bond donors (Lipinski definition) is 2. The van der Waals surface area contributed by atoms with Gasteiger partial charge in [0.25, 0.3) is 10.1 Å². The topological polar surface area (TPSA) is 86.7 Å². The summed E-state index contributed by atoms with van der Waals surface area (Å²) in [5, 5.41) is 3.36. The zero-order valence-electron chi connectivity index (χ0n) is 14.9. The number of amides is 1. The largest absolute Gasteiger partial charge is 0.378 e. The first-order chi connectivity index (χ1) is 12.2. The van der Waals surface area contributed by atoms with E-state index in [2.05, 4.69) is 5.32 Å². The number of hydrogen-bond acceptors (Lipinski definition) is 4. The van der Waals surface area contributed by atoms with Crippen molar-refractivity contribution >= 4 is 27.4 Å². The maximum Gasteiger partial charge on any atom is 0.289 e. The van der Waals surface area contributed by atoms with Crippen LogP contribution in [0, 0.1) is 5.92 Å². The van der Waals surface area contributed by atoms with Gasteiger partial charge in [0.2, 0.25) is 5.91 Å². The zero-order chi connectivity index (χ0) is 19.1. The molecule has 0 radical (unpaired) electrons. The normalized spacial score (nSPS) is 25.5. The Balaban J connectivity index is 2.23. The van der Waals surface area contributed by atoms with Gasteiger partial charge in [0.1, 0.15) is 0 Å². The molecule has 0 saturated carbocycles. The molecule has 26 heavy (non-hydrogen) atoms. The Labute approximate surface area is 153 Å². The van der Waals surface area contributed by atoms with Crippen molar-refractivity contribution in [3.05, 3.63) is 60.2 Å². The van der Waals surface area contributed by atoms with E-state index in [9.17, 15) is 17.8 Å². The molecule has 0 aliphatic carbocycles. The maximum atomic E-state index is 12.4. The summed E-state index contributed by atoms with van der Waals surface area (Å²) in [4.78, 5) is 11.8. The van der Waals surface area contributed by atoms with E-state index in [0.29, 0.717) is 5.69 Å². The lowest BCUT2D eigenvalue weighted by atomic mass is 9.82. The second-order valence-electron chi connectivity index (χ2n) is 6.72. The predicted molar refractivity (Wildman–Crippen MR) is 102 cm³/mol. The smallest absolute Gasteiger partial charge is 0.289 e. The number of carbonyl (C=O) groups excluding carboxylic acids is 1. The van der Waals surface area contributed by atoms with E-state index in [4.69, 9.17) is 0 Å². The first kappa shape index (κ1) is 18.4. The fourth-order valence-electron chi connectivity index (χ4n) is 3.72. The van der Waals surface area contributed by atoms with Crippen LogP contribution >= 0.6 is 0 Å². The number of nitrogens with zero attached hydrogens (tertiary/aromatic N) is 1. The van der Waals surface area contributed by atoms with E-state index in [1.165, 1.54) is 18.7 Å². The Hall–Kier alpha value is -2.38. The molecule has 6 nitrogen and oxygen atoms in total. The van der Waals surface area contributed by atoms with Crippen LogP contribution in [0.4, 0.5) is 11.4 Å². The number of rotatable bonds is 3. The van der Waals surface area contributed by atoms with E-state index in [1.807, 2.05) is 42.5 Å². The fourth-order valence-corrected chi connectivity index (χ4v) is 4.79. The summed E-state index contributed by atoms with van der Waals surface area (Å²) in [6.07, 6.45) is 0. The van der Waals surface area contributed by atoms with Crippen LogP contribution in [0.5, 0.6) is 0 Å². The van der Waals surface area contributed by atoms with Crippen molar-refractivity contribution in [2.75, 3.05) is 10.2 Å². The number of fused-ring (bicyclic) bond motifs is 1. The first-order valence-corrected chi connectivity index (χ1v) is 9.80. The van der Waals surface area contributed by atoms with Crippen LogP contribution in [0.3, 0.4) is 0 Å². The second-order valence-corrected chi connectivity index (χ2v) is 8.50. The number of anilines is 2. The summed E-state index contributed by atoms with van der Waals surface area (Å²) in [6.45, 7) is 4.42. The summed E-state index contributed by atoms with van der Waals surface area (Å²) in [5.41, 5.74) is 2.11. The van der Waals surface area contributed by atoms with Crippen molar-refractivity contribution in [2.24, 2.45) is 5.92 Å². The van der Waals surface area contributed by atoms with Crippen molar-refractivity contribution in [3.63, 3.8) is 0 Å². The Morgan fingerprint density at radius 3 is 2.27 bits per heavy atom. The minimum atomic E-state index is -4.57. The molecule has 0 saturated heterocycles. The molecular formula is C19H22N2O4S. The van der Waals surface area contributed by atoms with Crippen LogP contribution in [0.2, 0.25) is 0 Å². The number of carbonyl (C=O) groups is 1. The molecule has 1 amide bonds. The molecule has 2 N–H and O–H groups in total. The van der Waals surface area contributed by atoms with Crippen LogP contribution in [0.15, 0.2) is 54.6 Å². The monoisotopic (exact) mass is 374 g/mol. The molecule has 1 aliphatic rings. The quantitative estimate of drug-likeness (QED) is 0.804. The molecule has 3 rings (SSSR count). The van der Waals surface area contributed by atoms with Crippen molar-refractivity contribution in [1.82, 2.24) is 0 Å². The third-order valence-corrected chi connectivity index (χ3v) is 6.83. The van der Waals surface area contributed by atoms with Crippen molar-refractivity contribution in [3.8, 4) is 0 Å². The number of benzene rings is 2. The third-order valence-electron chi connectivity index (χ3n) is 5.23. The maximum absolute atomic E-state index is 12.4. The van der Waals surface area contributed by atoms with Gasteiger partial charge < -0.3 is 5.32 Å². The summed E-state index contributed by atoms with van der Waals surface area (Å²) in [5.74, 6) is -1.06. The highest BCUT2D eigenvalue weighted by Crippen LogP contribution is 2.49. The van der Waals surface area contributed by atoms with Gasteiger partial charge in [-0.05, 0) is 30.7 Å². The summed E-state index contributed by atoms with van der Waals surface area (Å²) < 4.78 is 34.8. The van der Waals surface area contributed by atoms with Gasteiger partial charge in [-0.3, -0.25) is 14.2 Å². The molecule has 2 aromatic rings. The summed E-state index contributed by atoms with van der Waals surface area (Å²) >= 11 is 0. The molecular weight excluding hydrogens is 352 g/mol. The standard InChI is InChI=1S/C19H22N2O4S/c1-13-18(20-15-9-5-4-6-10-15)16-11-7-8-12-17(16)21(14(2)22)19(13,3)26(23,24)25/h4-13,18,20H,1-3H3,(H,23,24,25). The van der Waals surface area contributed by atoms with E-state index < -0.39 is 32.9 Å². The minimum absolute atomic E-state index is 0.406. The molecule has 0 spiro atoms. The fraction of sp³-hybridized carbons (Fsp3) is 0.316. The third kappa shape index (κ3) is 2.77.